The first-order chi connectivity index (χ1) is 9.74. The number of imidazole rings is 1. The van der Waals surface area contributed by atoms with Crippen LogP contribution in [0, 0.1) is 5.92 Å². The second-order valence-electron chi connectivity index (χ2n) is 5.77. The zero-order valence-corrected chi connectivity index (χ0v) is 11.9. The van der Waals surface area contributed by atoms with E-state index in [1.54, 1.807) is 6.33 Å². The van der Waals surface area contributed by atoms with Crippen molar-refractivity contribution in [3.63, 3.8) is 0 Å². The smallest absolute Gasteiger partial charge is 0.239 e. The van der Waals surface area contributed by atoms with E-state index < -0.39 is 0 Å². The number of rotatable bonds is 3. The van der Waals surface area contributed by atoms with Crippen molar-refractivity contribution in [3.8, 4) is 0 Å². The standard InChI is InChI=1S/C14H22N4O2/c1-18(7-10-3-2-4-20-8-10)14(19)12-5-11-13(6-15-12)17-9-16-11/h9-10,12,15H,2-8H2,1H3,(H,16,17). The Morgan fingerprint density at radius 3 is 3.30 bits per heavy atom. The van der Waals surface area contributed by atoms with Gasteiger partial charge in [-0.3, -0.25) is 10.1 Å². The van der Waals surface area contributed by atoms with Crippen molar-refractivity contribution in [2.45, 2.75) is 31.8 Å². The number of carbonyl (C=O) groups is 1. The summed E-state index contributed by atoms with van der Waals surface area (Å²) >= 11 is 0. The number of carbonyl (C=O) groups excluding carboxylic acids is 1. The zero-order valence-electron chi connectivity index (χ0n) is 11.9. The summed E-state index contributed by atoms with van der Waals surface area (Å²) in [5.74, 6) is 0.631. The molecule has 0 spiro atoms. The molecule has 3 heterocycles. The van der Waals surface area contributed by atoms with Gasteiger partial charge in [0.05, 0.1) is 30.4 Å². The monoisotopic (exact) mass is 278 g/mol. The van der Waals surface area contributed by atoms with Crippen LogP contribution in [0.1, 0.15) is 24.2 Å². The highest BCUT2D eigenvalue weighted by atomic mass is 16.5. The highest BCUT2D eigenvalue weighted by molar-refractivity contribution is 5.82. The number of H-pyrrole nitrogens is 1. The molecular weight excluding hydrogens is 256 g/mol. The van der Waals surface area contributed by atoms with Gasteiger partial charge in [-0.25, -0.2) is 4.98 Å². The minimum atomic E-state index is -0.152. The lowest BCUT2D eigenvalue weighted by molar-refractivity contribution is -0.133. The van der Waals surface area contributed by atoms with Crippen molar-refractivity contribution >= 4 is 5.91 Å². The number of fused-ring (bicyclic) bond motifs is 1. The van der Waals surface area contributed by atoms with Gasteiger partial charge in [0.1, 0.15) is 0 Å². The van der Waals surface area contributed by atoms with E-state index in [-0.39, 0.29) is 11.9 Å². The number of amides is 1. The first-order valence-electron chi connectivity index (χ1n) is 7.31. The number of likely N-dealkylation sites (N-methyl/N-ethyl adjacent to an activating group) is 1. The van der Waals surface area contributed by atoms with Gasteiger partial charge in [-0.15, -0.1) is 0 Å². The van der Waals surface area contributed by atoms with Crippen molar-refractivity contribution in [1.82, 2.24) is 20.2 Å². The molecule has 0 bridgehead atoms. The molecule has 2 aliphatic heterocycles. The van der Waals surface area contributed by atoms with E-state index in [1.807, 2.05) is 11.9 Å². The third-order valence-corrected chi connectivity index (χ3v) is 4.19. The molecule has 20 heavy (non-hydrogen) atoms. The molecule has 1 amide bonds. The topological polar surface area (TPSA) is 70.2 Å². The van der Waals surface area contributed by atoms with Crippen LogP contribution in [0.25, 0.3) is 0 Å². The summed E-state index contributed by atoms with van der Waals surface area (Å²) in [5, 5.41) is 3.29. The van der Waals surface area contributed by atoms with E-state index >= 15 is 0 Å². The predicted octanol–water partition coefficient (Wildman–Crippen LogP) is 0.309. The van der Waals surface area contributed by atoms with Crippen LogP contribution in [0.3, 0.4) is 0 Å². The number of hydrogen-bond donors (Lipinski definition) is 2. The van der Waals surface area contributed by atoms with Crippen molar-refractivity contribution in [3.05, 3.63) is 17.7 Å². The fourth-order valence-electron chi connectivity index (χ4n) is 3.04. The highest BCUT2D eigenvalue weighted by Gasteiger charge is 2.29. The van der Waals surface area contributed by atoms with Crippen LogP contribution in [0.5, 0.6) is 0 Å². The number of nitrogens with one attached hydrogen (secondary N) is 2. The van der Waals surface area contributed by atoms with E-state index in [4.69, 9.17) is 4.74 Å². The van der Waals surface area contributed by atoms with Gasteiger partial charge in [0, 0.05) is 33.2 Å². The molecule has 1 saturated heterocycles. The Morgan fingerprint density at radius 1 is 1.60 bits per heavy atom. The van der Waals surface area contributed by atoms with Gasteiger partial charge in [0.15, 0.2) is 0 Å². The quantitative estimate of drug-likeness (QED) is 0.835. The second kappa shape index (κ2) is 5.93. The molecule has 2 atom stereocenters. The third kappa shape index (κ3) is 2.86. The molecule has 0 aromatic carbocycles. The fraction of sp³-hybridized carbons (Fsp3) is 0.714. The normalized spacial score (nSPS) is 26.1. The van der Waals surface area contributed by atoms with Crippen LogP contribution in [0.15, 0.2) is 6.33 Å². The molecule has 2 N–H and O–H groups in total. The van der Waals surface area contributed by atoms with Crippen LogP contribution >= 0.6 is 0 Å². The van der Waals surface area contributed by atoms with Crippen LogP contribution in [0.2, 0.25) is 0 Å². The molecule has 1 aromatic rings. The Bertz CT molecular complexity index is 467. The molecule has 1 aromatic heterocycles. The minimum Gasteiger partial charge on any atom is -0.381 e. The molecule has 1 fully saturated rings. The van der Waals surface area contributed by atoms with Crippen molar-refractivity contribution in [2.24, 2.45) is 5.92 Å². The van der Waals surface area contributed by atoms with Gasteiger partial charge in [0.2, 0.25) is 5.91 Å². The molecule has 0 aliphatic carbocycles. The number of hydrogen-bond acceptors (Lipinski definition) is 4. The van der Waals surface area contributed by atoms with Gasteiger partial charge in [-0.05, 0) is 18.8 Å². The lowest BCUT2D eigenvalue weighted by Gasteiger charge is -2.31. The Kier molecular flexibility index (Phi) is 4.03. The summed E-state index contributed by atoms with van der Waals surface area (Å²) in [6.07, 6.45) is 4.62. The maximum atomic E-state index is 12.5. The van der Waals surface area contributed by atoms with Crippen molar-refractivity contribution in [2.75, 3.05) is 26.8 Å². The molecule has 2 aliphatic rings. The van der Waals surface area contributed by atoms with Crippen LogP contribution in [-0.4, -0.2) is 53.6 Å². The average Bonchev–Trinajstić information content (AvgIpc) is 2.94. The molecule has 2 unspecified atom stereocenters. The van der Waals surface area contributed by atoms with Crippen molar-refractivity contribution < 1.29 is 9.53 Å². The largest absolute Gasteiger partial charge is 0.381 e. The summed E-state index contributed by atoms with van der Waals surface area (Å²) in [4.78, 5) is 21.7. The average molecular weight is 278 g/mol. The summed E-state index contributed by atoms with van der Waals surface area (Å²) < 4.78 is 5.48. The molecule has 6 heteroatoms. The van der Waals surface area contributed by atoms with Gasteiger partial charge < -0.3 is 14.6 Å². The lowest BCUT2D eigenvalue weighted by Crippen LogP contribution is -2.49. The summed E-state index contributed by atoms with van der Waals surface area (Å²) in [6.45, 7) is 3.11. The Labute approximate surface area is 118 Å². The number of aromatic nitrogens is 2. The van der Waals surface area contributed by atoms with Gasteiger partial charge >= 0.3 is 0 Å². The van der Waals surface area contributed by atoms with E-state index in [2.05, 4.69) is 15.3 Å². The van der Waals surface area contributed by atoms with E-state index in [0.29, 0.717) is 18.9 Å². The number of ether oxygens (including phenoxy) is 1. The van der Waals surface area contributed by atoms with Gasteiger partial charge in [-0.1, -0.05) is 0 Å². The molecular formula is C14H22N4O2. The maximum Gasteiger partial charge on any atom is 0.239 e. The predicted molar refractivity (Wildman–Crippen MR) is 74.1 cm³/mol. The maximum absolute atomic E-state index is 12.5. The molecule has 3 rings (SSSR count). The molecule has 0 saturated carbocycles. The van der Waals surface area contributed by atoms with Gasteiger partial charge in [-0.2, -0.15) is 0 Å². The second-order valence-corrected chi connectivity index (χ2v) is 5.77. The fourth-order valence-corrected chi connectivity index (χ4v) is 3.04. The van der Waals surface area contributed by atoms with E-state index in [9.17, 15) is 4.79 Å². The van der Waals surface area contributed by atoms with Crippen LogP contribution in [0.4, 0.5) is 0 Å². The van der Waals surface area contributed by atoms with E-state index in [0.717, 1.165) is 44.0 Å². The van der Waals surface area contributed by atoms with E-state index in [1.165, 1.54) is 0 Å². The van der Waals surface area contributed by atoms with Crippen LogP contribution in [-0.2, 0) is 22.5 Å². The Hall–Kier alpha value is -1.40. The number of nitrogens with zero attached hydrogens (tertiary/aromatic N) is 2. The highest BCUT2D eigenvalue weighted by Crippen LogP contribution is 2.17. The first kappa shape index (κ1) is 13.6. The first-order valence-corrected chi connectivity index (χ1v) is 7.31. The summed E-state index contributed by atoms with van der Waals surface area (Å²) in [6, 6.07) is -0.152. The number of aromatic amines is 1. The summed E-state index contributed by atoms with van der Waals surface area (Å²) in [5.41, 5.74) is 2.11. The Morgan fingerprint density at radius 2 is 2.50 bits per heavy atom. The van der Waals surface area contributed by atoms with Crippen molar-refractivity contribution in [1.29, 1.82) is 0 Å². The lowest BCUT2D eigenvalue weighted by atomic mass is 10.0. The van der Waals surface area contributed by atoms with Gasteiger partial charge in [0.25, 0.3) is 0 Å². The SMILES string of the molecule is CN(CC1CCCOC1)C(=O)C1Cc2nc[nH]c2CN1. The summed E-state index contributed by atoms with van der Waals surface area (Å²) in [7, 11) is 1.89. The molecule has 6 nitrogen and oxygen atoms in total. The Balaban J connectivity index is 1.55. The minimum absolute atomic E-state index is 0.152. The third-order valence-electron chi connectivity index (χ3n) is 4.19. The molecule has 110 valence electrons. The van der Waals surface area contributed by atoms with Crippen LogP contribution < -0.4 is 5.32 Å². The molecule has 0 radical (unpaired) electrons. The zero-order chi connectivity index (χ0) is 13.9.